The van der Waals surface area contributed by atoms with Gasteiger partial charge in [-0.1, -0.05) is 31.2 Å². The lowest BCUT2D eigenvalue weighted by Crippen LogP contribution is -2.32. The van der Waals surface area contributed by atoms with Crippen LogP contribution >= 0.6 is 0 Å². The highest BCUT2D eigenvalue weighted by Crippen LogP contribution is 2.13. The van der Waals surface area contributed by atoms with Crippen molar-refractivity contribution in [2.24, 2.45) is 0 Å². The predicted octanol–water partition coefficient (Wildman–Crippen LogP) is 3.51. The van der Waals surface area contributed by atoms with Gasteiger partial charge in [0.15, 0.2) is 11.8 Å². The van der Waals surface area contributed by atoms with Crippen molar-refractivity contribution in [3.63, 3.8) is 0 Å². The molecule has 1 unspecified atom stereocenters. The zero-order chi connectivity index (χ0) is 18.5. The van der Waals surface area contributed by atoms with E-state index in [4.69, 9.17) is 4.74 Å². The quantitative estimate of drug-likeness (QED) is 0.713. The normalized spacial score (nSPS) is 11.8. The number of hydrogen-bond donors (Lipinski definition) is 1. The first-order chi connectivity index (χ1) is 12.6. The molecule has 0 spiro atoms. The maximum Gasteiger partial charge on any atom is 0.359 e. The molecule has 6 nitrogen and oxygen atoms in total. The number of anilines is 1. The molecule has 1 aromatic heterocycles. The second-order valence-electron chi connectivity index (χ2n) is 5.90. The van der Waals surface area contributed by atoms with Gasteiger partial charge >= 0.3 is 5.97 Å². The fourth-order valence-corrected chi connectivity index (χ4v) is 2.51. The molecule has 0 saturated heterocycles. The first-order valence-electron chi connectivity index (χ1n) is 8.37. The number of aryl methyl sites for hydroxylation is 1. The van der Waals surface area contributed by atoms with Crippen LogP contribution in [-0.4, -0.2) is 27.9 Å². The minimum absolute atomic E-state index is 0.0745. The SMILES string of the molecule is CCC(OC(=O)c1cnc2ccccc2n1)C(=O)Nc1cccc(C)c1. The number of nitrogens with one attached hydrogen (secondary N) is 1. The summed E-state index contributed by atoms with van der Waals surface area (Å²) in [5.74, 6) is -1.05. The van der Waals surface area contributed by atoms with Crippen molar-refractivity contribution in [3.8, 4) is 0 Å². The number of carbonyl (C=O) groups excluding carboxylic acids is 2. The topological polar surface area (TPSA) is 81.2 Å². The van der Waals surface area contributed by atoms with Gasteiger partial charge in [0.1, 0.15) is 0 Å². The van der Waals surface area contributed by atoms with Crippen LogP contribution in [0.3, 0.4) is 0 Å². The molecule has 1 N–H and O–H groups in total. The van der Waals surface area contributed by atoms with Crippen LogP contribution in [0, 0.1) is 6.92 Å². The van der Waals surface area contributed by atoms with Crippen molar-refractivity contribution in [2.45, 2.75) is 26.4 Å². The highest BCUT2D eigenvalue weighted by Gasteiger charge is 2.23. The average molecular weight is 349 g/mol. The fourth-order valence-electron chi connectivity index (χ4n) is 2.51. The van der Waals surface area contributed by atoms with Gasteiger partial charge in [0.2, 0.25) is 0 Å². The Balaban J connectivity index is 1.71. The molecule has 0 aliphatic carbocycles. The average Bonchev–Trinajstić information content (AvgIpc) is 2.65. The fraction of sp³-hybridized carbons (Fsp3) is 0.200. The van der Waals surface area contributed by atoms with E-state index in [1.807, 2.05) is 43.3 Å². The van der Waals surface area contributed by atoms with Crippen molar-refractivity contribution in [2.75, 3.05) is 5.32 Å². The van der Waals surface area contributed by atoms with Gasteiger partial charge in [0.25, 0.3) is 5.91 Å². The summed E-state index contributed by atoms with van der Waals surface area (Å²) < 4.78 is 5.35. The molecule has 6 heteroatoms. The maximum atomic E-state index is 12.4. The molecule has 0 aliphatic heterocycles. The van der Waals surface area contributed by atoms with Gasteiger partial charge in [-0.2, -0.15) is 0 Å². The highest BCUT2D eigenvalue weighted by atomic mass is 16.5. The molecular weight excluding hydrogens is 330 g/mol. The van der Waals surface area contributed by atoms with Crippen LogP contribution in [0.25, 0.3) is 11.0 Å². The number of benzene rings is 2. The molecule has 1 atom stereocenters. The summed E-state index contributed by atoms with van der Waals surface area (Å²) in [6.45, 7) is 3.71. The molecule has 0 fully saturated rings. The number of aromatic nitrogens is 2. The molecule has 132 valence electrons. The van der Waals surface area contributed by atoms with Gasteiger partial charge < -0.3 is 10.1 Å². The van der Waals surface area contributed by atoms with Crippen LogP contribution in [0.1, 0.15) is 29.4 Å². The van der Waals surface area contributed by atoms with E-state index in [0.717, 1.165) is 5.56 Å². The van der Waals surface area contributed by atoms with E-state index < -0.39 is 12.1 Å². The number of carbonyl (C=O) groups is 2. The first-order valence-corrected chi connectivity index (χ1v) is 8.37. The van der Waals surface area contributed by atoms with E-state index in [1.54, 1.807) is 19.1 Å². The van der Waals surface area contributed by atoms with Crippen molar-refractivity contribution in [1.29, 1.82) is 0 Å². The summed E-state index contributed by atoms with van der Waals surface area (Å²) in [6, 6.07) is 14.7. The van der Waals surface area contributed by atoms with Gasteiger partial charge in [-0.25, -0.2) is 9.78 Å². The van der Waals surface area contributed by atoms with Gasteiger partial charge in [-0.15, -0.1) is 0 Å². The van der Waals surface area contributed by atoms with Crippen molar-refractivity contribution in [3.05, 3.63) is 66.0 Å². The van der Waals surface area contributed by atoms with Crippen LogP contribution < -0.4 is 5.32 Å². The molecule has 1 amide bonds. The number of ether oxygens (including phenoxy) is 1. The molecule has 3 aromatic rings. The van der Waals surface area contributed by atoms with Gasteiger partial charge in [0, 0.05) is 5.69 Å². The number of esters is 1. The minimum Gasteiger partial charge on any atom is -0.447 e. The van der Waals surface area contributed by atoms with E-state index in [2.05, 4.69) is 15.3 Å². The maximum absolute atomic E-state index is 12.4. The van der Waals surface area contributed by atoms with Crippen molar-refractivity contribution in [1.82, 2.24) is 9.97 Å². The highest BCUT2D eigenvalue weighted by molar-refractivity contribution is 5.97. The summed E-state index contributed by atoms with van der Waals surface area (Å²) in [7, 11) is 0. The van der Waals surface area contributed by atoms with Gasteiger partial charge in [0.05, 0.1) is 17.2 Å². The summed E-state index contributed by atoms with van der Waals surface area (Å²) >= 11 is 0. The Hall–Kier alpha value is -3.28. The number of nitrogens with zero attached hydrogens (tertiary/aromatic N) is 2. The molecule has 0 bridgehead atoms. The third kappa shape index (κ3) is 4.03. The standard InChI is InChI=1S/C20H19N3O3/c1-3-18(19(24)22-14-8-6-7-13(2)11-14)26-20(25)17-12-21-15-9-4-5-10-16(15)23-17/h4-12,18H,3H2,1-2H3,(H,22,24). The predicted molar refractivity (Wildman–Crippen MR) is 98.8 cm³/mol. The lowest BCUT2D eigenvalue weighted by Gasteiger charge is -2.16. The zero-order valence-corrected chi connectivity index (χ0v) is 14.6. The summed E-state index contributed by atoms with van der Waals surface area (Å²) in [6.07, 6.45) is 0.802. The number of rotatable bonds is 5. The minimum atomic E-state index is -0.906. The Bertz CT molecular complexity index is 956. The molecule has 0 radical (unpaired) electrons. The van der Waals surface area contributed by atoms with E-state index in [9.17, 15) is 9.59 Å². The van der Waals surface area contributed by atoms with Crippen LogP contribution in [0.4, 0.5) is 5.69 Å². The third-order valence-corrected chi connectivity index (χ3v) is 3.86. The monoisotopic (exact) mass is 349 g/mol. The second-order valence-corrected chi connectivity index (χ2v) is 5.90. The Morgan fingerprint density at radius 3 is 2.62 bits per heavy atom. The van der Waals surface area contributed by atoms with Crippen molar-refractivity contribution < 1.29 is 14.3 Å². The number of para-hydroxylation sites is 2. The Labute approximate surface area is 151 Å². The molecule has 3 rings (SSSR count). The summed E-state index contributed by atoms with van der Waals surface area (Å²) in [5, 5.41) is 2.77. The molecule has 1 heterocycles. The molecule has 26 heavy (non-hydrogen) atoms. The van der Waals surface area contributed by atoms with E-state index in [0.29, 0.717) is 23.1 Å². The lowest BCUT2D eigenvalue weighted by atomic mass is 10.2. The van der Waals surface area contributed by atoms with Crippen LogP contribution in [0.15, 0.2) is 54.7 Å². The Kier molecular flexibility index (Phi) is 5.22. The van der Waals surface area contributed by atoms with Crippen LogP contribution in [0.2, 0.25) is 0 Å². The Morgan fingerprint density at radius 1 is 1.12 bits per heavy atom. The van der Waals surface area contributed by atoms with Crippen LogP contribution in [-0.2, 0) is 9.53 Å². The number of amides is 1. The molecule has 2 aromatic carbocycles. The van der Waals surface area contributed by atoms with E-state index in [-0.39, 0.29) is 11.6 Å². The van der Waals surface area contributed by atoms with E-state index in [1.165, 1.54) is 6.20 Å². The summed E-state index contributed by atoms with van der Waals surface area (Å²) in [4.78, 5) is 33.2. The molecule has 0 aliphatic rings. The third-order valence-electron chi connectivity index (χ3n) is 3.86. The summed E-state index contributed by atoms with van der Waals surface area (Å²) in [5.41, 5.74) is 3.05. The largest absolute Gasteiger partial charge is 0.447 e. The first kappa shape index (κ1) is 17.5. The van der Waals surface area contributed by atoms with Crippen LogP contribution in [0.5, 0.6) is 0 Å². The molecule has 0 saturated carbocycles. The van der Waals surface area contributed by atoms with Gasteiger partial charge in [-0.3, -0.25) is 9.78 Å². The second kappa shape index (κ2) is 7.74. The smallest absolute Gasteiger partial charge is 0.359 e. The molecular formula is C20H19N3O3. The number of fused-ring (bicyclic) bond motifs is 1. The number of hydrogen-bond acceptors (Lipinski definition) is 5. The lowest BCUT2D eigenvalue weighted by molar-refractivity contribution is -0.124. The van der Waals surface area contributed by atoms with Crippen molar-refractivity contribution >= 4 is 28.6 Å². The van der Waals surface area contributed by atoms with E-state index >= 15 is 0 Å². The Morgan fingerprint density at radius 2 is 1.88 bits per heavy atom. The zero-order valence-electron chi connectivity index (χ0n) is 14.6. The van der Waals surface area contributed by atoms with Gasteiger partial charge in [-0.05, 0) is 43.2 Å².